The van der Waals surface area contributed by atoms with E-state index in [0.717, 1.165) is 12.8 Å². The molecule has 0 atom stereocenters. The largest absolute Gasteiger partial charge is 0.463 e. The van der Waals surface area contributed by atoms with Crippen molar-refractivity contribution in [1.82, 2.24) is 19.6 Å². The SMILES string of the molecule is CCCCOc1nc(OC(N)=O)n2ncc(Br)c2n1. The Balaban J connectivity index is 2.37. The Morgan fingerprint density at radius 2 is 2.32 bits per heavy atom. The van der Waals surface area contributed by atoms with Crippen LogP contribution >= 0.6 is 15.9 Å². The van der Waals surface area contributed by atoms with Gasteiger partial charge in [-0.3, -0.25) is 0 Å². The van der Waals surface area contributed by atoms with Gasteiger partial charge in [0, 0.05) is 0 Å². The standard InChI is InChI=1S/C10H12BrN5O3/c1-2-3-4-18-9-14-7-6(11)5-13-16(7)10(15-9)19-8(12)17/h5H,2-4H2,1H3,(H2,12,17). The van der Waals surface area contributed by atoms with Crippen molar-refractivity contribution in [3.05, 3.63) is 10.7 Å². The first-order valence-electron chi connectivity index (χ1n) is 5.63. The second-order valence-electron chi connectivity index (χ2n) is 3.64. The maximum atomic E-state index is 10.8. The lowest BCUT2D eigenvalue weighted by atomic mass is 10.4. The minimum atomic E-state index is -0.980. The van der Waals surface area contributed by atoms with Crippen LogP contribution in [0.3, 0.4) is 0 Å². The molecule has 0 aromatic carbocycles. The zero-order valence-electron chi connectivity index (χ0n) is 10.2. The summed E-state index contributed by atoms with van der Waals surface area (Å²) in [7, 11) is 0. The van der Waals surface area contributed by atoms with Gasteiger partial charge in [0.15, 0.2) is 5.65 Å². The number of carbonyl (C=O) groups excluding carboxylic acids is 1. The van der Waals surface area contributed by atoms with Gasteiger partial charge in [0.2, 0.25) is 0 Å². The van der Waals surface area contributed by atoms with E-state index in [4.69, 9.17) is 15.2 Å². The number of aromatic nitrogens is 4. The first-order chi connectivity index (χ1) is 9.11. The van der Waals surface area contributed by atoms with Gasteiger partial charge in [0.25, 0.3) is 0 Å². The van der Waals surface area contributed by atoms with Gasteiger partial charge in [-0.25, -0.2) is 4.79 Å². The van der Waals surface area contributed by atoms with E-state index in [1.165, 1.54) is 10.7 Å². The molecule has 0 aliphatic rings. The summed E-state index contributed by atoms with van der Waals surface area (Å²) in [5, 5.41) is 3.97. The van der Waals surface area contributed by atoms with Crippen LogP contribution in [-0.2, 0) is 0 Å². The number of nitrogens with two attached hydrogens (primary N) is 1. The van der Waals surface area contributed by atoms with Crippen LogP contribution in [0.5, 0.6) is 12.0 Å². The van der Waals surface area contributed by atoms with Gasteiger partial charge in [0.1, 0.15) is 0 Å². The van der Waals surface area contributed by atoms with Crippen molar-refractivity contribution in [2.45, 2.75) is 19.8 Å². The van der Waals surface area contributed by atoms with Crippen LogP contribution in [-0.4, -0.2) is 32.3 Å². The summed E-state index contributed by atoms with van der Waals surface area (Å²) in [6.45, 7) is 2.52. The molecule has 2 rings (SSSR count). The van der Waals surface area contributed by atoms with Crippen LogP contribution in [0.1, 0.15) is 19.8 Å². The maximum absolute atomic E-state index is 10.8. The number of amides is 1. The summed E-state index contributed by atoms with van der Waals surface area (Å²) in [4.78, 5) is 18.9. The zero-order chi connectivity index (χ0) is 13.8. The summed E-state index contributed by atoms with van der Waals surface area (Å²) in [6, 6.07) is 0.0214. The van der Waals surface area contributed by atoms with E-state index in [1.54, 1.807) is 0 Å². The normalized spacial score (nSPS) is 10.6. The predicted molar refractivity (Wildman–Crippen MR) is 69.1 cm³/mol. The van der Waals surface area contributed by atoms with Gasteiger partial charge >= 0.3 is 18.1 Å². The highest BCUT2D eigenvalue weighted by atomic mass is 79.9. The first kappa shape index (κ1) is 13.5. The van der Waals surface area contributed by atoms with Crippen LogP contribution in [0, 0.1) is 0 Å². The summed E-state index contributed by atoms with van der Waals surface area (Å²) in [6.07, 6.45) is 2.39. The summed E-state index contributed by atoms with van der Waals surface area (Å²) >= 11 is 3.28. The number of carbonyl (C=O) groups is 1. The van der Waals surface area contributed by atoms with E-state index in [-0.39, 0.29) is 12.0 Å². The molecular formula is C10H12BrN5O3. The Bertz CT molecular complexity index is 600. The quantitative estimate of drug-likeness (QED) is 0.834. The van der Waals surface area contributed by atoms with Gasteiger partial charge in [-0.1, -0.05) is 13.3 Å². The van der Waals surface area contributed by atoms with Crippen LogP contribution in [0.25, 0.3) is 5.65 Å². The monoisotopic (exact) mass is 329 g/mol. The Morgan fingerprint density at radius 1 is 1.53 bits per heavy atom. The molecule has 9 heteroatoms. The zero-order valence-corrected chi connectivity index (χ0v) is 11.8. The summed E-state index contributed by atoms with van der Waals surface area (Å²) in [5.41, 5.74) is 5.41. The van der Waals surface area contributed by atoms with Crippen molar-refractivity contribution in [3.63, 3.8) is 0 Å². The Labute approximate surface area is 117 Å². The molecule has 0 unspecified atom stereocenters. The molecule has 102 valence electrons. The molecule has 2 N–H and O–H groups in total. The lowest BCUT2D eigenvalue weighted by Gasteiger charge is -2.06. The third kappa shape index (κ3) is 3.11. The highest BCUT2D eigenvalue weighted by molar-refractivity contribution is 9.10. The van der Waals surface area contributed by atoms with Crippen molar-refractivity contribution in [1.29, 1.82) is 0 Å². The van der Waals surface area contributed by atoms with Crippen molar-refractivity contribution in [2.75, 3.05) is 6.61 Å². The third-order valence-corrected chi connectivity index (χ3v) is 2.76. The van der Waals surface area contributed by atoms with E-state index in [1.807, 2.05) is 6.92 Å². The van der Waals surface area contributed by atoms with Gasteiger partial charge in [-0.2, -0.15) is 14.6 Å². The number of fused-ring (bicyclic) bond motifs is 1. The summed E-state index contributed by atoms with van der Waals surface area (Å²) in [5.74, 6) is 0. The van der Waals surface area contributed by atoms with Crippen LogP contribution in [0.4, 0.5) is 4.79 Å². The van der Waals surface area contributed by atoms with E-state index in [9.17, 15) is 4.79 Å². The summed E-state index contributed by atoms with van der Waals surface area (Å²) < 4.78 is 12.0. The minimum absolute atomic E-state index is 0.0882. The number of nitrogens with zero attached hydrogens (tertiary/aromatic N) is 4. The molecule has 0 aliphatic heterocycles. The van der Waals surface area contributed by atoms with Gasteiger partial charge < -0.3 is 15.2 Å². The molecular weight excluding hydrogens is 318 g/mol. The smallest absolute Gasteiger partial charge is 0.412 e. The molecule has 0 bridgehead atoms. The van der Waals surface area contributed by atoms with Gasteiger partial charge in [-0.15, -0.1) is 4.98 Å². The third-order valence-electron chi connectivity index (χ3n) is 2.20. The van der Waals surface area contributed by atoms with E-state index in [2.05, 4.69) is 31.0 Å². The highest BCUT2D eigenvalue weighted by Gasteiger charge is 2.15. The molecule has 2 heterocycles. The highest BCUT2D eigenvalue weighted by Crippen LogP contribution is 2.21. The predicted octanol–water partition coefficient (Wildman–Crippen LogP) is 1.52. The van der Waals surface area contributed by atoms with E-state index >= 15 is 0 Å². The number of hydrogen-bond donors (Lipinski definition) is 1. The average Bonchev–Trinajstić information content (AvgIpc) is 2.71. The van der Waals surface area contributed by atoms with Crippen molar-refractivity contribution in [2.24, 2.45) is 5.73 Å². The fourth-order valence-corrected chi connectivity index (χ4v) is 1.68. The molecule has 1 amide bonds. The molecule has 2 aromatic rings. The number of halogens is 1. The Kier molecular flexibility index (Phi) is 4.15. The van der Waals surface area contributed by atoms with Crippen LogP contribution in [0.2, 0.25) is 0 Å². The fourth-order valence-electron chi connectivity index (χ4n) is 1.34. The lowest BCUT2D eigenvalue weighted by Crippen LogP contribution is -2.19. The molecule has 2 aromatic heterocycles. The number of unbranched alkanes of at least 4 members (excludes halogenated alkanes) is 1. The van der Waals surface area contributed by atoms with Crippen LogP contribution < -0.4 is 15.2 Å². The van der Waals surface area contributed by atoms with E-state index in [0.29, 0.717) is 16.7 Å². The Morgan fingerprint density at radius 3 is 3.00 bits per heavy atom. The van der Waals surface area contributed by atoms with Crippen molar-refractivity contribution < 1.29 is 14.3 Å². The average molecular weight is 330 g/mol. The molecule has 0 saturated heterocycles. The molecule has 0 saturated carbocycles. The van der Waals surface area contributed by atoms with Gasteiger partial charge in [0.05, 0.1) is 17.3 Å². The topological polar surface area (TPSA) is 105 Å². The first-order valence-corrected chi connectivity index (χ1v) is 6.42. The minimum Gasteiger partial charge on any atom is -0.463 e. The molecule has 0 spiro atoms. The Hall–Kier alpha value is -1.90. The molecule has 0 radical (unpaired) electrons. The van der Waals surface area contributed by atoms with Crippen molar-refractivity contribution in [3.8, 4) is 12.0 Å². The molecule has 0 fully saturated rings. The second-order valence-corrected chi connectivity index (χ2v) is 4.49. The number of rotatable bonds is 5. The number of hydrogen-bond acceptors (Lipinski definition) is 6. The van der Waals surface area contributed by atoms with Crippen molar-refractivity contribution >= 4 is 27.7 Å². The lowest BCUT2D eigenvalue weighted by molar-refractivity contribution is 0.203. The van der Waals surface area contributed by atoms with Gasteiger partial charge in [-0.05, 0) is 22.4 Å². The maximum Gasteiger partial charge on any atom is 0.412 e. The molecule has 0 aliphatic carbocycles. The molecule has 19 heavy (non-hydrogen) atoms. The second kappa shape index (κ2) is 5.83. The van der Waals surface area contributed by atoms with Crippen LogP contribution in [0.15, 0.2) is 10.7 Å². The molecule has 8 nitrogen and oxygen atoms in total. The van der Waals surface area contributed by atoms with E-state index < -0.39 is 6.09 Å². The fraction of sp³-hybridized carbons (Fsp3) is 0.400. The number of primary amides is 1. The number of ether oxygens (including phenoxy) is 2.